The van der Waals surface area contributed by atoms with Gasteiger partial charge in [-0.1, -0.05) is 29.8 Å². The highest BCUT2D eigenvalue weighted by Crippen LogP contribution is 2.33. The molecule has 0 heterocycles. The minimum Gasteiger partial charge on any atom is -0.468 e. The summed E-state index contributed by atoms with van der Waals surface area (Å²) in [6.45, 7) is 6.23. The van der Waals surface area contributed by atoms with Gasteiger partial charge in [-0.15, -0.1) is 0 Å². The van der Waals surface area contributed by atoms with Gasteiger partial charge in [0.1, 0.15) is 5.41 Å². The van der Waals surface area contributed by atoms with Gasteiger partial charge >= 0.3 is 5.97 Å². The third-order valence-corrected chi connectivity index (χ3v) is 4.24. The van der Waals surface area contributed by atoms with E-state index in [-0.39, 0.29) is 18.1 Å². The van der Waals surface area contributed by atoms with Crippen molar-refractivity contribution in [1.82, 2.24) is 0 Å². The molecule has 1 aromatic carbocycles. The molecule has 0 saturated carbocycles. The molecule has 4 nitrogen and oxygen atoms in total. The van der Waals surface area contributed by atoms with Crippen molar-refractivity contribution < 1.29 is 14.3 Å². The van der Waals surface area contributed by atoms with Crippen molar-refractivity contribution >= 4 is 5.97 Å². The molecule has 0 spiro atoms. The molecule has 118 valence electrons. The van der Waals surface area contributed by atoms with E-state index in [1.54, 1.807) is 7.11 Å². The van der Waals surface area contributed by atoms with Gasteiger partial charge in [-0.05, 0) is 39.2 Å². The Morgan fingerprint density at radius 3 is 2.14 bits per heavy atom. The normalized spacial score (nSPS) is 14.6. The van der Waals surface area contributed by atoms with Crippen LogP contribution in [0.4, 0.5) is 0 Å². The smallest absolute Gasteiger partial charge is 0.317 e. The van der Waals surface area contributed by atoms with Crippen molar-refractivity contribution in [2.45, 2.75) is 44.6 Å². The Bertz CT molecular complexity index is 467. The lowest BCUT2D eigenvalue weighted by atomic mass is 9.74. The number of rotatable bonds is 7. The molecule has 0 aliphatic carbocycles. The predicted octanol–water partition coefficient (Wildman–Crippen LogP) is 2.57. The lowest BCUT2D eigenvalue weighted by molar-refractivity contribution is -0.148. The van der Waals surface area contributed by atoms with Crippen LogP contribution in [0.3, 0.4) is 0 Å². The monoisotopic (exact) mass is 293 g/mol. The molecule has 0 fully saturated rings. The molecule has 0 saturated heterocycles. The topological polar surface area (TPSA) is 61.5 Å². The van der Waals surface area contributed by atoms with Crippen molar-refractivity contribution in [3.8, 4) is 0 Å². The Hall–Kier alpha value is -1.39. The number of nitrogens with two attached hydrogens (primary N) is 1. The Morgan fingerprint density at radius 2 is 1.71 bits per heavy atom. The van der Waals surface area contributed by atoms with Crippen LogP contribution < -0.4 is 5.73 Å². The van der Waals surface area contributed by atoms with E-state index in [2.05, 4.69) is 0 Å². The predicted molar refractivity (Wildman–Crippen MR) is 84.2 cm³/mol. The summed E-state index contributed by atoms with van der Waals surface area (Å²) >= 11 is 0. The van der Waals surface area contributed by atoms with Gasteiger partial charge in [0, 0.05) is 13.7 Å². The molecular weight excluding hydrogens is 266 g/mol. The highest BCUT2D eigenvalue weighted by Gasteiger charge is 2.41. The average Bonchev–Trinajstić information content (AvgIpc) is 2.49. The molecule has 1 rings (SSSR count). The summed E-state index contributed by atoms with van der Waals surface area (Å²) in [5.74, 6) is -0.291. The number of methoxy groups -OCH3 is 2. The van der Waals surface area contributed by atoms with E-state index in [0.29, 0.717) is 12.8 Å². The lowest BCUT2D eigenvalue weighted by Crippen LogP contribution is -2.45. The van der Waals surface area contributed by atoms with E-state index in [0.717, 1.165) is 11.1 Å². The molecule has 0 aliphatic heterocycles. The number of hydrogen-bond acceptors (Lipinski definition) is 4. The third-order valence-electron chi connectivity index (χ3n) is 4.24. The van der Waals surface area contributed by atoms with Crippen LogP contribution in [-0.2, 0) is 19.7 Å². The zero-order chi connectivity index (χ0) is 16.1. The first-order valence-corrected chi connectivity index (χ1v) is 7.22. The molecule has 0 bridgehead atoms. The van der Waals surface area contributed by atoms with Crippen molar-refractivity contribution in [3.63, 3.8) is 0 Å². The van der Waals surface area contributed by atoms with Gasteiger partial charge < -0.3 is 15.2 Å². The van der Waals surface area contributed by atoms with Gasteiger partial charge in [-0.25, -0.2) is 0 Å². The Labute approximate surface area is 127 Å². The van der Waals surface area contributed by atoms with Gasteiger partial charge in [0.15, 0.2) is 0 Å². The summed E-state index contributed by atoms with van der Waals surface area (Å²) in [6, 6.07) is 7.89. The van der Waals surface area contributed by atoms with E-state index >= 15 is 0 Å². The zero-order valence-corrected chi connectivity index (χ0v) is 13.7. The summed E-state index contributed by atoms with van der Waals surface area (Å²) in [7, 11) is 3.08. The molecule has 0 radical (unpaired) electrons. The highest BCUT2D eigenvalue weighted by atomic mass is 16.5. The number of ether oxygens (including phenoxy) is 2. The maximum absolute atomic E-state index is 12.4. The van der Waals surface area contributed by atoms with Gasteiger partial charge in [-0.3, -0.25) is 4.79 Å². The molecule has 1 aromatic rings. The molecule has 0 aliphatic rings. The van der Waals surface area contributed by atoms with Crippen molar-refractivity contribution in [3.05, 3.63) is 35.4 Å². The van der Waals surface area contributed by atoms with Gasteiger partial charge in [0.25, 0.3) is 0 Å². The van der Waals surface area contributed by atoms with E-state index in [1.807, 2.05) is 45.0 Å². The maximum Gasteiger partial charge on any atom is 0.317 e. The molecule has 0 aromatic heterocycles. The van der Waals surface area contributed by atoms with Gasteiger partial charge in [0.2, 0.25) is 0 Å². The summed E-state index contributed by atoms with van der Waals surface area (Å²) in [6.07, 6.45) is 1.30. The van der Waals surface area contributed by atoms with Crippen LogP contribution in [0.25, 0.3) is 0 Å². The SMILES string of the molecule is COC(=O)C(CN)(CCC(C)(C)OC)c1ccc(C)cc1. The summed E-state index contributed by atoms with van der Waals surface area (Å²) in [5.41, 5.74) is 6.90. The Morgan fingerprint density at radius 1 is 1.14 bits per heavy atom. The number of carbonyl (C=O) groups excluding carboxylic acids is 1. The molecule has 4 heteroatoms. The molecular formula is C17H27NO3. The second-order valence-electron chi connectivity index (χ2n) is 6.11. The zero-order valence-electron chi connectivity index (χ0n) is 13.7. The Balaban J connectivity index is 3.16. The van der Waals surface area contributed by atoms with Crippen LogP contribution in [0.15, 0.2) is 24.3 Å². The minimum atomic E-state index is -0.821. The van der Waals surface area contributed by atoms with Gasteiger partial charge in [-0.2, -0.15) is 0 Å². The molecule has 0 amide bonds. The summed E-state index contributed by atoms with van der Waals surface area (Å²) < 4.78 is 10.5. The average molecular weight is 293 g/mol. The van der Waals surface area contributed by atoms with Crippen LogP contribution in [0.5, 0.6) is 0 Å². The van der Waals surface area contributed by atoms with Gasteiger partial charge in [0.05, 0.1) is 12.7 Å². The molecule has 21 heavy (non-hydrogen) atoms. The molecule has 1 atom stereocenters. The highest BCUT2D eigenvalue weighted by molar-refractivity contribution is 5.83. The number of aryl methyl sites for hydroxylation is 1. The summed E-state index contributed by atoms with van der Waals surface area (Å²) in [4.78, 5) is 12.4. The van der Waals surface area contributed by atoms with E-state index in [4.69, 9.17) is 15.2 Å². The molecule has 1 unspecified atom stereocenters. The largest absolute Gasteiger partial charge is 0.468 e. The van der Waals surface area contributed by atoms with Crippen LogP contribution in [0, 0.1) is 6.92 Å². The third kappa shape index (κ3) is 4.05. The first kappa shape index (κ1) is 17.7. The quantitative estimate of drug-likeness (QED) is 0.785. The van der Waals surface area contributed by atoms with Crippen LogP contribution in [0.1, 0.15) is 37.8 Å². The van der Waals surface area contributed by atoms with E-state index in [1.165, 1.54) is 7.11 Å². The lowest BCUT2D eigenvalue weighted by Gasteiger charge is -2.33. The first-order chi connectivity index (χ1) is 9.81. The number of esters is 1. The fourth-order valence-electron chi connectivity index (χ4n) is 2.35. The van der Waals surface area contributed by atoms with Crippen molar-refractivity contribution in [2.24, 2.45) is 5.73 Å². The second-order valence-corrected chi connectivity index (χ2v) is 6.11. The standard InChI is InChI=1S/C17H27NO3/c1-13-6-8-14(9-7-13)17(12-18,15(19)20-4)11-10-16(2,3)21-5/h6-9H,10-12,18H2,1-5H3. The second kappa shape index (κ2) is 7.05. The number of hydrogen-bond donors (Lipinski definition) is 1. The van der Waals surface area contributed by atoms with E-state index in [9.17, 15) is 4.79 Å². The Kier molecular flexibility index (Phi) is 5.93. The minimum absolute atomic E-state index is 0.211. The van der Waals surface area contributed by atoms with Crippen molar-refractivity contribution in [1.29, 1.82) is 0 Å². The number of carbonyl (C=O) groups is 1. The summed E-state index contributed by atoms with van der Waals surface area (Å²) in [5, 5.41) is 0. The van der Waals surface area contributed by atoms with Crippen LogP contribution in [0.2, 0.25) is 0 Å². The van der Waals surface area contributed by atoms with Crippen LogP contribution >= 0.6 is 0 Å². The molecule has 2 N–H and O–H groups in total. The number of benzene rings is 1. The fourth-order valence-corrected chi connectivity index (χ4v) is 2.35. The fraction of sp³-hybridized carbons (Fsp3) is 0.588. The first-order valence-electron chi connectivity index (χ1n) is 7.22. The maximum atomic E-state index is 12.4. The van der Waals surface area contributed by atoms with Crippen LogP contribution in [-0.4, -0.2) is 32.3 Å². The van der Waals surface area contributed by atoms with Crippen molar-refractivity contribution in [2.75, 3.05) is 20.8 Å². The van der Waals surface area contributed by atoms with E-state index < -0.39 is 5.41 Å².